The smallest absolute Gasteiger partial charge is 0.195 e. The summed E-state index contributed by atoms with van der Waals surface area (Å²) in [4.78, 5) is 2.26. The van der Waals surface area contributed by atoms with Gasteiger partial charge in [-0.05, 0) is 19.3 Å². The van der Waals surface area contributed by atoms with Gasteiger partial charge in [0.2, 0.25) is 0 Å². The fourth-order valence-corrected chi connectivity index (χ4v) is 1.77. The van der Waals surface area contributed by atoms with Crippen molar-refractivity contribution in [2.75, 3.05) is 26.7 Å². The van der Waals surface area contributed by atoms with Gasteiger partial charge in [-0.2, -0.15) is 5.10 Å². The molecule has 1 aromatic heterocycles. The zero-order chi connectivity index (χ0) is 9.97. The molecule has 1 atom stereocenters. The van der Waals surface area contributed by atoms with Gasteiger partial charge in [0.15, 0.2) is 4.77 Å². The highest BCUT2D eigenvalue weighted by atomic mass is 32.1. The van der Waals surface area contributed by atoms with Gasteiger partial charge in [-0.1, -0.05) is 0 Å². The maximum atomic E-state index is 5.63. The van der Waals surface area contributed by atoms with Crippen molar-refractivity contribution < 1.29 is 4.74 Å². The van der Waals surface area contributed by atoms with Crippen LogP contribution in [0.15, 0.2) is 6.33 Å². The second-order valence-electron chi connectivity index (χ2n) is 3.57. The summed E-state index contributed by atoms with van der Waals surface area (Å²) in [5.41, 5.74) is 0. The molecule has 5 nitrogen and oxygen atoms in total. The standard InChI is InChI=1S/C8H14N4OS/c1-11-2-3-13-7(4-11)5-12-6-9-10-8(12)14/h6-7H,2-5H2,1H3,(H,10,14). The SMILES string of the molecule is CN1CCOC(Cn2cn[nH]c2=S)C1. The van der Waals surface area contributed by atoms with Crippen molar-refractivity contribution in [2.24, 2.45) is 0 Å². The molecular weight excluding hydrogens is 200 g/mol. The predicted molar refractivity (Wildman–Crippen MR) is 54.6 cm³/mol. The molecule has 1 unspecified atom stereocenters. The molecule has 2 heterocycles. The van der Waals surface area contributed by atoms with Crippen LogP contribution in [-0.2, 0) is 11.3 Å². The Morgan fingerprint density at radius 1 is 1.79 bits per heavy atom. The Bertz CT molecular complexity index is 347. The molecule has 0 aromatic carbocycles. The third kappa shape index (κ3) is 2.20. The quantitative estimate of drug-likeness (QED) is 0.718. The number of hydrogen-bond donors (Lipinski definition) is 1. The zero-order valence-corrected chi connectivity index (χ0v) is 8.96. The highest BCUT2D eigenvalue weighted by Gasteiger charge is 2.18. The van der Waals surface area contributed by atoms with Crippen molar-refractivity contribution >= 4 is 12.2 Å². The van der Waals surface area contributed by atoms with Crippen molar-refractivity contribution in [3.05, 3.63) is 11.1 Å². The molecule has 0 radical (unpaired) electrons. The summed E-state index contributed by atoms with van der Waals surface area (Å²) in [6.45, 7) is 3.53. The molecule has 1 aliphatic heterocycles. The molecule has 1 saturated heterocycles. The molecule has 1 fully saturated rings. The lowest BCUT2D eigenvalue weighted by atomic mass is 10.3. The number of rotatable bonds is 2. The summed E-state index contributed by atoms with van der Waals surface area (Å²) in [6.07, 6.45) is 1.93. The molecule has 0 amide bonds. The topological polar surface area (TPSA) is 46.1 Å². The van der Waals surface area contributed by atoms with Crippen LogP contribution in [0.25, 0.3) is 0 Å². The Balaban J connectivity index is 1.97. The summed E-state index contributed by atoms with van der Waals surface area (Å²) >= 11 is 5.06. The van der Waals surface area contributed by atoms with Crippen molar-refractivity contribution in [3.63, 3.8) is 0 Å². The van der Waals surface area contributed by atoms with Gasteiger partial charge in [0, 0.05) is 13.1 Å². The number of nitrogens with zero attached hydrogens (tertiary/aromatic N) is 3. The molecule has 0 spiro atoms. The molecule has 1 N–H and O–H groups in total. The first kappa shape index (κ1) is 9.82. The van der Waals surface area contributed by atoms with Gasteiger partial charge in [-0.3, -0.25) is 5.10 Å². The summed E-state index contributed by atoms with van der Waals surface area (Å²) < 4.78 is 8.18. The maximum Gasteiger partial charge on any atom is 0.195 e. The van der Waals surface area contributed by atoms with Crippen LogP contribution < -0.4 is 0 Å². The van der Waals surface area contributed by atoms with E-state index in [4.69, 9.17) is 17.0 Å². The van der Waals surface area contributed by atoms with E-state index < -0.39 is 0 Å². The van der Waals surface area contributed by atoms with Gasteiger partial charge >= 0.3 is 0 Å². The lowest BCUT2D eigenvalue weighted by Gasteiger charge is -2.29. The first-order chi connectivity index (χ1) is 6.75. The number of hydrogen-bond acceptors (Lipinski definition) is 4. The fraction of sp³-hybridized carbons (Fsp3) is 0.750. The van der Waals surface area contributed by atoms with Crippen molar-refractivity contribution in [3.8, 4) is 0 Å². The van der Waals surface area contributed by atoms with E-state index in [1.54, 1.807) is 6.33 Å². The molecule has 6 heteroatoms. The average molecular weight is 214 g/mol. The van der Waals surface area contributed by atoms with Gasteiger partial charge < -0.3 is 14.2 Å². The van der Waals surface area contributed by atoms with E-state index in [2.05, 4.69) is 22.1 Å². The number of aromatic nitrogens is 3. The molecular formula is C8H14N4OS. The van der Waals surface area contributed by atoms with Crippen molar-refractivity contribution in [2.45, 2.75) is 12.6 Å². The Morgan fingerprint density at radius 2 is 2.64 bits per heavy atom. The Labute approximate surface area is 87.7 Å². The predicted octanol–water partition coefficient (Wildman–Crippen LogP) is 0.271. The van der Waals surface area contributed by atoms with Crippen LogP contribution in [-0.4, -0.2) is 52.5 Å². The summed E-state index contributed by atoms with van der Waals surface area (Å²) in [6, 6.07) is 0. The van der Waals surface area contributed by atoms with Gasteiger partial charge in [0.25, 0.3) is 0 Å². The van der Waals surface area contributed by atoms with E-state index in [1.807, 2.05) is 4.57 Å². The molecule has 0 aliphatic carbocycles. The fourth-order valence-electron chi connectivity index (χ4n) is 1.60. The second-order valence-corrected chi connectivity index (χ2v) is 3.96. The van der Waals surface area contributed by atoms with Crippen LogP contribution in [0.3, 0.4) is 0 Å². The average Bonchev–Trinajstić information content (AvgIpc) is 2.52. The zero-order valence-electron chi connectivity index (χ0n) is 8.14. The van der Waals surface area contributed by atoms with E-state index in [-0.39, 0.29) is 6.10 Å². The van der Waals surface area contributed by atoms with E-state index in [1.165, 1.54) is 0 Å². The Hall–Kier alpha value is -0.720. The largest absolute Gasteiger partial charge is 0.374 e. The molecule has 14 heavy (non-hydrogen) atoms. The van der Waals surface area contributed by atoms with E-state index in [0.29, 0.717) is 4.77 Å². The van der Waals surface area contributed by atoms with Gasteiger partial charge in [-0.25, -0.2) is 0 Å². The van der Waals surface area contributed by atoms with Crippen LogP contribution in [0.4, 0.5) is 0 Å². The monoisotopic (exact) mass is 214 g/mol. The van der Waals surface area contributed by atoms with E-state index in [9.17, 15) is 0 Å². The lowest BCUT2D eigenvalue weighted by Crippen LogP contribution is -2.41. The normalized spacial score (nSPS) is 23.9. The number of nitrogens with one attached hydrogen (secondary N) is 1. The Morgan fingerprint density at radius 3 is 3.29 bits per heavy atom. The van der Waals surface area contributed by atoms with Crippen LogP contribution in [0.5, 0.6) is 0 Å². The number of aromatic amines is 1. The number of H-pyrrole nitrogens is 1. The molecule has 0 bridgehead atoms. The highest BCUT2D eigenvalue weighted by Crippen LogP contribution is 2.05. The van der Waals surface area contributed by atoms with Gasteiger partial charge in [0.05, 0.1) is 19.3 Å². The van der Waals surface area contributed by atoms with Crippen molar-refractivity contribution in [1.82, 2.24) is 19.7 Å². The van der Waals surface area contributed by atoms with Gasteiger partial charge in [-0.15, -0.1) is 0 Å². The lowest BCUT2D eigenvalue weighted by molar-refractivity contribution is -0.0276. The first-order valence-electron chi connectivity index (χ1n) is 4.65. The van der Waals surface area contributed by atoms with Crippen molar-refractivity contribution in [1.29, 1.82) is 0 Å². The summed E-state index contributed by atoms with van der Waals surface area (Å²) in [5, 5.41) is 6.60. The highest BCUT2D eigenvalue weighted by molar-refractivity contribution is 7.71. The summed E-state index contributed by atoms with van der Waals surface area (Å²) in [7, 11) is 2.10. The number of morpholine rings is 1. The summed E-state index contributed by atoms with van der Waals surface area (Å²) in [5.74, 6) is 0. The van der Waals surface area contributed by atoms with Crippen LogP contribution in [0.1, 0.15) is 0 Å². The van der Waals surface area contributed by atoms with E-state index in [0.717, 1.165) is 26.2 Å². The molecule has 2 rings (SSSR count). The number of ether oxygens (including phenoxy) is 1. The van der Waals surface area contributed by atoms with E-state index >= 15 is 0 Å². The molecule has 1 aromatic rings. The minimum atomic E-state index is 0.220. The third-order valence-corrected chi connectivity index (χ3v) is 2.69. The minimum absolute atomic E-state index is 0.220. The van der Waals surface area contributed by atoms with Gasteiger partial charge in [0.1, 0.15) is 6.33 Å². The molecule has 1 aliphatic rings. The first-order valence-corrected chi connectivity index (χ1v) is 5.06. The number of likely N-dealkylation sites (N-methyl/N-ethyl adjacent to an activating group) is 1. The van der Waals surface area contributed by atoms with Crippen LogP contribution in [0.2, 0.25) is 0 Å². The van der Waals surface area contributed by atoms with Crippen LogP contribution in [0, 0.1) is 4.77 Å². The Kier molecular flexibility index (Phi) is 2.95. The maximum absolute atomic E-state index is 5.63. The minimum Gasteiger partial charge on any atom is -0.374 e. The molecule has 0 saturated carbocycles. The molecule has 78 valence electrons. The second kappa shape index (κ2) is 4.20. The third-order valence-electron chi connectivity index (χ3n) is 2.36. The van der Waals surface area contributed by atoms with Crippen LogP contribution >= 0.6 is 12.2 Å².